The molecule has 1 atom stereocenters. The monoisotopic (exact) mass is 572 g/mol. The van der Waals surface area contributed by atoms with Gasteiger partial charge in [0.25, 0.3) is 0 Å². The number of primary amides is 1. The summed E-state index contributed by atoms with van der Waals surface area (Å²) in [6.07, 6.45) is 2.81. The molecule has 0 radical (unpaired) electrons. The Labute approximate surface area is 252 Å². The summed E-state index contributed by atoms with van der Waals surface area (Å²) in [5.74, 6) is 2.07. The van der Waals surface area contributed by atoms with E-state index in [-0.39, 0.29) is 12.8 Å². The maximum atomic E-state index is 11.6. The van der Waals surface area contributed by atoms with Gasteiger partial charge in [-0.05, 0) is 48.2 Å². The second kappa shape index (κ2) is 13.0. The third-order valence-electron chi connectivity index (χ3n) is 7.82. The highest BCUT2D eigenvalue weighted by Gasteiger charge is 2.27. The summed E-state index contributed by atoms with van der Waals surface area (Å²) in [5.41, 5.74) is 12.5. The molecule has 0 aliphatic carbocycles. The molecule has 7 nitrogen and oxygen atoms in total. The first-order chi connectivity index (χ1) is 21.1. The molecule has 5 aromatic rings. The summed E-state index contributed by atoms with van der Waals surface area (Å²) < 4.78 is 13.7. The molecule has 1 aliphatic rings. The Bertz CT molecular complexity index is 1680. The van der Waals surface area contributed by atoms with Gasteiger partial charge in [-0.2, -0.15) is 0 Å². The number of carbonyl (C=O) groups excluding carboxylic acids is 1. The van der Waals surface area contributed by atoms with E-state index >= 15 is 0 Å². The van der Waals surface area contributed by atoms with E-state index in [2.05, 4.69) is 77.5 Å². The fourth-order valence-electron chi connectivity index (χ4n) is 5.57. The average molecular weight is 573 g/mol. The lowest BCUT2D eigenvalue weighted by Crippen LogP contribution is -2.26. The second-order valence-corrected chi connectivity index (χ2v) is 10.8. The molecule has 2 heterocycles. The molecule has 43 heavy (non-hydrogen) atoms. The average Bonchev–Trinajstić information content (AvgIpc) is 3.67. The predicted molar refractivity (Wildman–Crippen MR) is 169 cm³/mol. The lowest BCUT2D eigenvalue weighted by atomic mass is 9.98. The zero-order valence-electron chi connectivity index (χ0n) is 24.3. The molecule has 4 aromatic carbocycles. The Morgan fingerprint density at radius 3 is 2.26 bits per heavy atom. The van der Waals surface area contributed by atoms with E-state index in [0.29, 0.717) is 18.5 Å². The van der Waals surface area contributed by atoms with Crippen molar-refractivity contribution in [2.45, 2.75) is 45.3 Å². The van der Waals surface area contributed by atoms with Gasteiger partial charge in [-0.1, -0.05) is 92.2 Å². The van der Waals surface area contributed by atoms with Gasteiger partial charge in [-0.15, -0.1) is 0 Å². The number of ether oxygens (including phenoxy) is 2. The van der Waals surface area contributed by atoms with Crippen molar-refractivity contribution in [2.24, 2.45) is 5.73 Å². The second-order valence-electron chi connectivity index (χ2n) is 10.8. The van der Waals surface area contributed by atoms with Crippen LogP contribution in [-0.2, 0) is 19.5 Å². The maximum Gasteiger partial charge on any atom is 0.248 e. The molecule has 0 spiro atoms. The van der Waals surface area contributed by atoms with Crippen LogP contribution in [0.5, 0.6) is 11.5 Å². The van der Waals surface area contributed by atoms with E-state index < -0.39 is 5.91 Å². The molecular weight excluding hydrogens is 536 g/mol. The number of carbonyl (C=O) groups is 1. The van der Waals surface area contributed by atoms with Crippen LogP contribution >= 0.6 is 0 Å². The van der Waals surface area contributed by atoms with Crippen molar-refractivity contribution in [3.8, 4) is 34.1 Å². The Kier molecular flexibility index (Phi) is 8.52. The molecule has 1 amide bonds. The van der Waals surface area contributed by atoms with Crippen LogP contribution in [0.1, 0.15) is 53.0 Å². The summed E-state index contributed by atoms with van der Waals surface area (Å²) in [6.45, 7) is 3.91. The Morgan fingerprint density at radius 2 is 1.56 bits per heavy atom. The van der Waals surface area contributed by atoms with Crippen LogP contribution in [0.2, 0.25) is 0 Å². The van der Waals surface area contributed by atoms with Gasteiger partial charge in [0.05, 0.1) is 17.4 Å². The zero-order chi connectivity index (χ0) is 29.6. The summed E-state index contributed by atoms with van der Waals surface area (Å²) >= 11 is 0. The van der Waals surface area contributed by atoms with E-state index in [1.54, 1.807) is 12.1 Å². The first kappa shape index (κ1) is 28.2. The topological polar surface area (TPSA) is 91.4 Å². The molecule has 0 saturated carbocycles. The number of aromatic nitrogens is 2. The number of benzene rings is 4. The van der Waals surface area contributed by atoms with E-state index in [0.717, 1.165) is 70.4 Å². The van der Waals surface area contributed by atoms with Crippen LogP contribution in [0.3, 0.4) is 0 Å². The van der Waals surface area contributed by atoms with Crippen molar-refractivity contribution in [2.75, 3.05) is 6.79 Å². The molecule has 6 rings (SSSR count). The number of nitrogens with zero attached hydrogens (tertiary/aromatic N) is 2. The first-order valence-electron chi connectivity index (χ1n) is 14.8. The van der Waals surface area contributed by atoms with Crippen LogP contribution < -0.4 is 20.5 Å². The normalized spacial score (nSPS) is 12.8. The highest BCUT2D eigenvalue weighted by Crippen LogP contribution is 2.37. The lowest BCUT2D eigenvalue weighted by molar-refractivity contribution is 0.1000. The number of hydrogen-bond donors (Lipinski definition) is 2. The minimum Gasteiger partial charge on any atom is -0.454 e. The van der Waals surface area contributed by atoms with Crippen LogP contribution in [0, 0.1) is 0 Å². The van der Waals surface area contributed by atoms with Crippen LogP contribution in [0.25, 0.3) is 22.6 Å². The molecule has 1 aromatic heterocycles. The van der Waals surface area contributed by atoms with Crippen molar-refractivity contribution in [1.82, 2.24) is 14.9 Å². The predicted octanol–water partition coefficient (Wildman–Crippen LogP) is 6.92. The summed E-state index contributed by atoms with van der Waals surface area (Å²) in [6, 6.07) is 34.4. The maximum absolute atomic E-state index is 11.6. The van der Waals surface area contributed by atoms with Crippen molar-refractivity contribution in [1.29, 1.82) is 0 Å². The molecule has 218 valence electrons. The van der Waals surface area contributed by atoms with E-state index in [1.807, 2.05) is 30.3 Å². The number of nitrogens with one attached hydrogen (secondary N) is 1. The minimum absolute atomic E-state index is 0.0896. The highest BCUT2D eigenvalue weighted by atomic mass is 16.7. The van der Waals surface area contributed by atoms with E-state index in [4.69, 9.17) is 20.2 Å². The van der Waals surface area contributed by atoms with Crippen molar-refractivity contribution in [3.05, 3.63) is 126 Å². The quantitative estimate of drug-likeness (QED) is 0.169. The first-order valence-corrected chi connectivity index (χ1v) is 14.8. The van der Waals surface area contributed by atoms with Gasteiger partial charge in [-0.3, -0.25) is 4.79 Å². The standard InChI is InChI=1S/C36H36N4O3/c1-2-3-20-40-34(33(27-10-6-4-7-11-27)39-36(40)29-12-8-5-9-13-29)30(21-26-16-19-31-32(22-26)43-24-42-31)38-23-25-14-17-28(18-15-25)35(37)41/h4-19,22,30,38H,2-3,20-21,23-24H2,1H3,(H2,37,41). The smallest absolute Gasteiger partial charge is 0.248 e. The molecule has 0 fully saturated rings. The summed E-state index contributed by atoms with van der Waals surface area (Å²) in [7, 11) is 0. The van der Waals surface area contributed by atoms with Gasteiger partial charge in [-0.25, -0.2) is 4.98 Å². The molecule has 0 saturated heterocycles. The minimum atomic E-state index is -0.430. The number of amides is 1. The Hall–Kier alpha value is -4.88. The summed E-state index contributed by atoms with van der Waals surface area (Å²) in [5, 5.41) is 3.86. The number of imidazole rings is 1. The highest BCUT2D eigenvalue weighted by molar-refractivity contribution is 5.92. The molecule has 0 bridgehead atoms. The van der Waals surface area contributed by atoms with Gasteiger partial charge in [0.2, 0.25) is 12.7 Å². The van der Waals surface area contributed by atoms with Crippen LogP contribution in [-0.4, -0.2) is 22.3 Å². The van der Waals surface area contributed by atoms with E-state index in [9.17, 15) is 4.79 Å². The fourth-order valence-corrected chi connectivity index (χ4v) is 5.57. The SMILES string of the molecule is CCCCn1c(-c2ccccc2)nc(-c2ccccc2)c1C(Cc1ccc2c(c1)OCO2)NCc1ccc(C(N)=O)cc1. The van der Waals surface area contributed by atoms with Crippen LogP contribution in [0.15, 0.2) is 103 Å². The lowest BCUT2D eigenvalue weighted by Gasteiger charge is -2.24. The number of hydrogen-bond acceptors (Lipinski definition) is 5. The van der Waals surface area contributed by atoms with E-state index in [1.165, 1.54) is 0 Å². The van der Waals surface area contributed by atoms with Gasteiger partial charge in [0.15, 0.2) is 11.5 Å². The fraction of sp³-hybridized carbons (Fsp3) is 0.222. The van der Waals surface area contributed by atoms with Gasteiger partial charge in [0.1, 0.15) is 5.82 Å². The number of fused-ring (bicyclic) bond motifs is 1. The largest absolute Gasteiger partial charge is 0.454 e. The van der Waals surface area contributed by atoms with Crippen molar-refractivity contribution >= 4 is 5.91 Å². The molecule has 3 N–H and O–H groups in total. The third-order valence-corrected chi connectivity index (χ3v) is 7.82. The molecule has 1 aliphatic heterocycles. The molecular formula is C36H36N4O3. The zero-order valence-corrected chi connectivity index (χ0v) is 24.3. The Balaban J connectivity index is 1.47. The Morgan fingerprint density at radius 1 is 0.884 bits per heavy atom. The van der Waals surface area contributed by atoms with Gasteiger partial charge >= 0.3 is 0 Å². The number of unbranched alkanes of at least 4 members (excludes halogenated alkanes) is 1. The summed E-state index contributed by atoms with van der Waals surface area (Å²) in [4.78, 5) is 17.0. The van der Waals surface area contributed by atoms with Gasteiger partial charge < -0.3 is 25.1 Å². The number of nitrogens with two attached hydrogens (primary N) is 1. The van der Waals surface area contributed by atoms with Crippen LogP contribution in [0.4, 0.5) is 0 Å². The van der Waals surface area contributed by atoms with Crippen molar-refractivity contribution in [3.63, 3.8) is 0 Å². The molecule has 1 unspecified atom stereocenters. The van der Waals surface area contributed by atoms with Crippen molar-refractivity contribution < 1.29 is 14.3 Å². The molecule has 7 heteroatoms. The van der Waals surface area contributed by atoms with Gasteiger partial charge in [0, 0.05) is 29.8 Å². The third kappa shape index (κ3) is 6.32. The number of rotatable bonds is 12.